The van der Waals surface area contributed by atoms with Gasteiger partial charge in [-0.1, -0.05) is 29.0 Å². The molecule has 1 aromatic carbocycles. The molecule has 0 atom stereocenters. The van der Waals surface area contributed by atoms with Gasteiger partial charge in [0.1, 0.15) is 0 Å². The molecule has 0 radical (unpaired) electrons. The molecule has 136 valence electrons. The van der Waals surface area contributed by atoms with Crippen LogP contribution in [0.3, 0.4) is 0 Å². The van der Waals surface area contributed by atoms with Gasteiger partial charge in [0.15, 0.2) is 16.5 Å². The van der Waals surface area contributed by atoms with Gasteiger partial charge in [-0.05, 0) is 30.7 Å². The smallest absolute Gasteiger partial charge is 0.387 e. The van der Waals surface area contributed by atoms with Crippen LogP contribution in [0.25, 0.3) is 16.1 Å². The lowest BCUT2D eigenvalue weighted by Gasteiger charge is -2.10. The maximum Gasteiger partial charge on any atom is 0.387 e. The van der Waals surface area contributed by atoms with Crippen molar-refractivity contribution in [3.8, 4) is 11.5 Å². The van der Waals surface area contributed by atoms with Crippen molar-refractivity contribution in [3.05, 3.63) is 50.9 Å². The van der Waals surface area contributed by atoms with E-state index in [-0.39, 0.29) is 22.1 Å². The van der Waals surface area contributed by atoms with Crippen molar-refractivity contribution in [2.75, 3.05) is 7.11 Å². The van der Waals surface area contributed by atoms with Crippen molar-refractivity contribution in [1.82, 2.24) is 14.6 Å². The Balaban J connectivity index is 1.97. The van der Waals surface area contributed by atoms with E-state index in [1.807, 2.05) is 0 Å². The van der Waals surface area contributed by atoms with E-state index in [4.69, 9.17) is 16.3 Å². The Morgan fingerprint density at radius 1 is 1.35 bits per heavy atom. The maximum atomic E-state index is 12.4. The van der Waals surface area contributed by atoms with Crippen LogP contribution in [0.1, 0.15) is 16.3 Å². The average molecular weight is 400 g/mol. The fourth-order valence-corrected chi connectivity index (χ4v) is 3.33. The second-order valence-electron chi connectivity index (χ2n) is 5.12. The predicted octanol–water partition coefficient (Wildman–Crippen LogP) is 3.81. The highest BCUT2D eigenvalue weighted by atomic mass is 35.5. The number of ether oxygens (including phenoxy) is 2. The Hall–Kier alpha value is -2.52. The minimum Gasteiger partial charge on any atom is -0.493 e. The van der Waals surface area contributed by atoms with E-state index in [0.29, 0.717) is 21.2 Å². The second-order valence-corrected chi connectivity index (χ2v) is 6.48. The maximum absolute atomic E-state index is 12.4. The first-order valence-electron chi connectivity index (χ1n) is 7.25. The lowest BCUT2D eigenvalue weighted by atomic mass is 10.2. The van der Waals surface area contributed by atoms with E-state index >= 15 is 0 Å². The third kappa shape index (κ3) is 3.83. The Labute approximate surface area is 155 Å². The molecule has 0 spiro atoms. The third-order valence-corrected chi connectivity index (χ3v) is 4.62. The molecule has 0 aliphatic carbocycles. The Kier molecular flexibility index (Phi) is 5.19. The van der Waals surface area contributed by atoms with Gasteiger partial charge in [0.2, 0.25) is 4.96 Å². The van der Waals surface area contributed by atoms with Gasteiger partial charge in [0.25, 0.3) is 5.56 Å². The van der Waals surface area contributed by atoms with Crippen molar-refractivity contribution in [1.29, 1.82) is 0 Å². The molecule has 0 unspecified atom stereocenters. The number of aromatic nitrogens is 3. The first-order valence-corrected chi connectivity index (χ1v) is 8.45. The van der Waals surface area contributed by atoms with Crippen LogP contribution in [0.5, 0.6) is 11.5 Å². The molecular weight excluding hydrogens is 388 g/mol. The van der Waals surface area contributed by atoms with Crippen LogP contribution in [-0.2, 0) is 0 Å². The van der Waals surface area contributed by atoms with Gasteiger partial charge >= 0.3 is 6.61 Å². The molecule has 0 bridgehead atoms. The molecule has 10 heteroatoms. The zero-order valence-electron chi connectivity index (χ0n) is 13.6. The number of hydrogen-bond acceptors (Lipinski definition) is 6. The van der Waals surface area contributed by atoms with E-state index in [0.717, 1.165) is 11.3 Å². The quantitative estimate of drug-likeness (QED) is 0.652. The first-order chi connectivity index (χ1) is 12.4. The van der Waals surface area contributed by atoms with Crippen LogP contribution >= 0.6 is 22.9 Å². The van der Waals surface area contributed by atoms with E-state index in [9.17, 15) is 13.6 Å². The van der Waals surface area contributed by atoms with Crippen molar-refractivity contribution in [2.24, 2.45) is 0 Å². The topological polar surface area (TPSA) is 65.7 Å². The van der Waals surface area contributed by atoms with Gasteiger partial charge in [-0.15, -0.1) is 0 Å². The highest BCUT2D eigenvalue weighted by Gasteiger charge is 2.13. The van der Waals surface area contributed by atoms with Crippen molar-refractivity contribution < 1.29 is 18.3 Å². The monoisotopic (exact) mass is 399 g/mol. The van der Waals surface area contributed by atoms with E-state index in [1.54, 1.807) is 19.1 Å². The minimum absolute atomic E-state index is 0.0815. The molecule has 2 heterocycles. The molecule has 26 heavy (non-hydrogen) atoms. The van der Waals surface area contributed by atoms with Crippen LogP contribution in [0.4, 0.5) is 8.78 Å². The van der Waals surface area contributed by atoms with E-state index < -0.39 is 6.61 Å². The first kappa shape index (κ1) is 18.3. The normalized spacial score (nSPS) is 12.0. The molecule has 0 fully saturated rings. The van der Waals surface area contributed by atoms with Crippen LogP contribution in [0.2, 0.25) is 0 Å². The molecule has 6 nitrogen and oxygen atoms in total. The van der Waals surface area contributed by atoms with Crippen LogP contribution < -0.4 is 15.0 Å². The minimum atomic E-state index is -2.95. The fraction of sp³-hybridized carbons (Fsp3) is 0.188. The Morgan fingerprint density at radius 2 is 2.12 bits per heavy atom. The number of halogens is 3. The molecule has 0 amide bonds. The number of fused-ring (bicyclic) bond motifs is 1. The van der Waals surface area contributed by atoms with Gasteiger partial charge in [-0.25, -0.2) is 4.98 Å². The van der Waals surface area contributed by atoms with Crippen LogP contribution in [0, 0.1) is 6.92 Å². The number of rotatable bonds is 5. The standard InChI is InChI=1S/C16H12ClF2N3O3S/c1-8-5-13(23)22-16(20-8)26-14(21-22)10(17)6-9-3-4-11(25-15(18)19)12(7-9)24-2/h3-7,15H,1-2H3/b10-6-. The number of nitrogens with zero attached hydrogens (tertiary/aromatic N) is 3. The van der Waals surface area contributed by atoms with Gasteiger partial charge < -0.3 is 9.47 Å². The van der Waals surface area contributed by atoms with Crippen molar-refractivity contribution in [2.45, 2.75) is 13.5 Å². The molecule has 2 aromatic heterocycles. The van der Waals surface area contributed by atoms with Crippen LogP contribution in [-0.4, -0.2) is 28.3 Å². The fourth-order valence-electron chi connectivity index (χ4n) is 2.19. The Morgan fingerprint density at radius 3 is 2.81 bits per heavy atom. The summed E-state index contributed by atoms with van der Waals surface area (Å²) in [6, 6.07) is 5.78. The summed E-state index contributed by atoms with van der Waals surface area (Å²) in [7, 11) is 1.34. The molecular formula is C16H12ClF2N3O3S. The van der Waals surface area contributed by atoms with Gasteiger partial charge in [-0.3, -0.25) is 4.79 Å². The molecule has 0 aliphatic rings. The third-order valence-electron chi connectivity index (χ3n) is 3.27. The zero-order chi connectivity index (χ0) is 18.8. The number of alkyl halides is 2. The summed E-state index contributed by atoms with van der Waals surface area (Å²) in [5.74, 6) is 0.0586. The molecule has 0 N–H and O–H groups in total. The lowest BCUT2D eigenvalue weighted by Crippen LogP contribution is -2.14. The number of benzene rings is 1. The Bertz CT molecular complexity index is 1050. The molecule has 0 aliphatic heterocycles. The molecule has 0 saturated carbocycles. The lowest BCUT2D eigenvalue weighted by molar-refractivity contribution is -0.0512. The summed E-state index contributed by atoms with van der Waals surface area (Å²) in [5, 5.41) is 4.82. The molecule has 0 saturated heterocycles. The predicted molar refractivity (Wildman–Crippen MR) is 95.2 cm³/mol. The summed E-state index contributed by atoms with van der Waals surface area (Å²) in [6.45, 7) is -1.24. The van der Waals surface area contributed by atoms with Gasteiger partial charge in [0.05, 0.1) is 12.1 Å². The summed E-state index contributed by atoms with van der Waals surface area (Å²) in [5.41, 5.74) is 0.878. The highest BCUT2D eigenvalue weighted by Crippen LogP contribution is 2.32. The van der Waals surface area contributed by atoms with Gasteiger partial charge in [0, 0.05) is 11.8 Å². The van der Waals surface area contributed by atoms with Crippen molar-refractivity contribution in [3.63, 3.8) is 0 Å². The SMILES string of the molecule is COc1cc(/C=C(\Cl)c2nn3c(=O)cc(C)nc3s2)ccc1OC(F)F. The average Bonchev–Trinajstić information content (AvgIpc) is 3.00. The van der Waals surface area contributed by atoms with Gasteiger partial charge in [-0.2, -0.15) is 18.4 Å². The second kappa shape index (κ2) is 7.38. The summed E-state index contributed by atoms with van der Waals surface area (Å²) in [6.07, 6.45) is 1.58. The molecule has 3 aromatic rings. The number of hydrogen-bond donors (Lipinski definition) is 0. The van der Waals surface area contributed by atoms with Crippen LogP contribution in [0.15, 0.2) is 29.1 Å². The largest absolute Gasteiger partial charge is 0.493 e. The zero-order valence-corrected chi connectivity index (χ0v) is 15.1. The number of methoxy groups -OCH3 is 1. The summed E-state index contributed by atoms with van der Waals surface area (Å²) < 4.78 is 35.4. The molecule has 3 rings (SSSR count). The highest BCUT2D eigenvalue weighted by molar-refractivity contribution is 7.18. The summed E-state index contributed by atoms with van der Waals surface area (Å²) >= 11 is 7.46. The van der Waals surface area contributed by atoms with Crippen molar-refractivity contribution >= 4 is 39.0 Å². The van der Waals surface area contributed by atoms with E-state index in [1.165, 1.54) is 29.8 Å². The number of aryl methyl sites for hydroxylation is 1. The van der Waals surface area contributed by atoms with E-state index in [2.05, 4.69) is 14.8 Å². The summed E-state index contributed by atoms with van der Waals surface area (Å²) in [4.78, 5) is 16.6.